The maximum atomic E-state index is 12.5. The highest BCUT2D eigenvalue weighted by Crippen LogP contribution is 2.17. The third-order valence-electron chi connectivity index (χ3n) is 4.60. The molecule has 146 valence electrons. The van der Waals surface area contributed by atoms with Crippen LogP contribution in [0.4, 0.5) is 5.69 Å². The van der Waals surface area contributed by atoms with Gasteiger partial charge in [0.25, 0.3) is 11.6 Å². The van der Waals surface area contributed by atoms with Crippen LogP contribution in [0, 0.1) is 10.1 Å². The van der Waals surface area contributed by atoms with Crippen LogP contribution in [0.5, 0.6) is 0 Å². The first-order valence-corrected chi connectivity index (χ1v) is 9.09. The molecule has 0 saturated carbocycles. The van der Waals surface area contributed by atoms with Crippen LogP contribution in [-0.2, 0) is 13.1 Å². The Morgan fingerprint density at radius 3 is 2.62 bits per heavy atom. The van der Waals surface area contributed by atoms with Crippen molar-refractivity contribution in [2.75, 3.05) is 0 Å². The van der Waals surface area contributed by atoms with Gasteiger partial charge in [-0.3, -0.25) is 14.9 Å². The lowest BCUT2D eigenvalue weighted by atomic mass is 10.3. The Morgan fingerprint density at radius 2 is 1.90 bits per heavy atom. The van der Waals surface area contributed by atoms with Crippen molar-refractivity contribution in [1.82, 2.24) is 24.6 Å². The molecule has 0 fully saturated rings. The fraction of sp³-hybridized carbons (Fsp3) is 0.150. The minimum atomic E-state index is -0.463. The first-order valence-electron chi connectivity index (χ1n) is 9.09. The molecule has 29 heavy (non-hydrogen) atoms. The van der Waals surface area contributed by atoms with Crippen molar-refractivity contribution >= 4 is 22.6 Å². The highest BCUT2D eigenvalue weighted by Gasteiger charge is 2.14. The topological polar surface area (TPSA) is 108 Å². The molecule has 4 aromatic rings. The molecule has 9 nitrogen and oxygen atoms in total. The SMILES string of the molecule is CCn1c(CNC(=O)c2ccn(-c3ccc([N+](=O)[O-])cc3)n2)nc2ccccc21. The van der Waals surface area contributed by atoms with Gasteiger partial charge in [0.1, 0.15) is 5.82 Å². The van der Waals surface area contributed by atoms with E-state index in [-0.39, 0.29) is 23.8 Å². The number of hydrogen-bond acceptors (Lipinski definition) is 5. The van der Waals surface area contributed by atoms with E-state index in [9.17, 15) is 14.9 Å². The fourth-order valence-electron chi connectivity index (χ4n) is 3.18. The van der Waals surface area contributed by atoms with Gasteiger partial charge < -0.3 is 9.88 Å². The average molecular weight is 390 g/mol. The number of non-ortho nitro benzene ring substituents is 1. The monoisotopic (exact) mass is 390 g/mol. The quantitative estimate of drug-likeness (QED) is 0.402. The molecule has 0 unspecified atom stereocenters. The van der Waals surface area contributed by atoms with Crippen molar-refractivity contribution in [3.05, 3.63) is 82.4 Å². The normalized spacial score (nSPS) is 10.9. The number of nitrogens with one attached hydrogen (secondary N) is 1. The molecular weight excluding hydrogens is 372 g/mol. The molecule has 2 aromatic heterocycles. The van der Waals surface area contributed by atoms with E-state index < -0.39 is 4.92 Å². The largest absolute Gasteiger partial charge is 0.343 e. The number of imidazole rings is 1. The number of nitrogens with zero attached hydrogens (tertiary/aromatic N) is 5. The fourth-order valence-corrected chi connectivity index (χ4v) is 3.18. The predicted molar refractivity (Wildman–Crippen MR) is 107 cm³/mol. The highest BCUT2D eigenvalue weighted by molar-refractivity contribution is 5.92. The van der Waals surface area contributed by atoms with Gasteiger partial charge in [0.2, 0.25) is 0 Å². The number of aromatic nitrogens is 4. The van der Waals surface area contributed by atoms with Crippen LogP contribution >= 0.6 is 0 Å². The summed E-state index contributed by atoms with van der Waals surface area (Å²) in [6.45, 7) is 3.07. The van der Waals surface area contributed by atoms with Crippen LogP contribution < -0.4 is 5.32 Å². The molecule has 1 N–H and O–H groups in total. The average Bonchev–Trinajstić information content (AvgIpc) is 3.36. The number of fused-ring (bicyclic) bond motifs is 1. The van der Waals surface area contributed by atoms with Gasteiger partial charge >= 0.3 is 0 Å². The Labute approximate surface area is 165 Å². The Bertz CT molecular complexity index is 1190. The summed E-state index contributed by atoms with van der Waals surface area (Å²) in [5.41, 5.74) is 2.80. The number of nitro groups is 1. The zero-order valence-corrected chi connectivity index (χ0v) is 15.6. The molecule has 0 atom stereocenters. The third kappa shape index (κ3) is 3.57. The van der Waals surface area contributed by atoms with Crippen LogP contribution in [0.1, 0.15) is 23.2 Å². The van der Waals surface area contributed by atoms with Crippen molar-refractivity contribution in [1.29, 1.82) is 0 Å². The number of benzene rings is 2. The number of para-hydroxylation sites is 2. The molecule has 0 aliphatic heterocycles. The summed E-state index contributed by atoms with van der Waals surface area (Å²) in [6, 6.07) is 15.4. The minimum Gasteiger partial charge on any atom is -0.343 e. The van der Waals surface area contributed by atoms with Gasteiger partial charge in [-0.1, -0.05) is 12.1 Å². The van der Waals surface area contributed by atoms with E-state index in [1.807, 2.05) is 31.2 Å². The van der Waals surface area contributed by atoms with E-state index in [1.165, 1.54) is 16.8 Å². The molecule has 2 heterocycles. The Kier molecular flexibility index (Phi) is 4.78. The van der Waals surface area contributed by atoms with Crippen LogP contribution in [0.25, 0.3) is 16.7 Å². The summed E-state index contributed by atoms with van der Waals surface area (Å²) in [6.07, 6.45) is 1.64. The molecule has 0 bridgehead atoms. The summed E-state index contributed by atoms with van der Waals surface area (Å²) < 4.78 is 3.56. The lowest BCUT2D eigenvalue weighted by molar-refractivity contribution is -0.384. The molecule has 9 heteroatoms. The molecule has 0 aliphatic rings. The van der Waals surface area contributed by atoms with Crippen LogP contribution in [0.3, 0.4) is 0 Å². The van der Waals surface area contributed by atoms with E-state index in [4.69, 9.17) is 0 Å². The second-order valence-electron chi connectivity index (χ2n) is 6.36. The predicted octanol–water partition coefficient (Wildman–Crippen LogP) is 3.08. The first-order chi connectivity index (χ1) is 14.1. The second-order valence-corrected chi connectivity index (χ2v) is 6.36. The Balaban J connectivity index is 1.48. The molecule has 4 rings (SSSR count). The van der Waals surface area contributed by atoms with Gasteiger partial charge in [0.15, 0.2) is 5.69 Å². The van der Waals surface area contributed by atoms with Crippen molar-refractivity contribution in [2.24, 2.45) is 0 Å². The first kappa shape index (κ1) is 18.4. The zero-order valence-electron chi connectivity index (χ0n) is 15.6. The van der Waals surface area contributed by atoms with Gasteiger partial charge in [-0.15, -0.1) is 0 Å². The van der Waals surface area contributed by atoms with Gasteiger partial charge in [0, 0.05) is 24.9 Å². The standard InChI is InChI=1S/C20H18N6O3/c1-2-24-18-6-4-3-5-16(18)22-19(24)13-21-20(27)17-11-12-25(23-17)14-7-9-15(10-8-14)26(28)29/h3-12H,2,13H2,1H3,(H,21,27). The highest BCUT2D eigenvalue weighted by atomic mass is 16.6. The van der Waals surface area contributed by atoms with Crippen LogP contribution in [-0.4, -0.2) is 30.2 Å². The molecule has 0 aliphatic carbocycles. The number of hydrogen-bond donors (Lipinski definition) is 1. The maximum Gasteiger partial charge on any atom is 0.272 e. The van der Waals surface area contributed by atoms with Crippen molar-refractivity contribution < 1.29 is 9.72 Å². The van der Waals surface area contributed by atoms with Crippen LogP contribution in [0.2, 0.25) is 0 Å². The van der Waals surface area contributed by atoms with Gasteiger partial charge in [-0.25, -0.2) is 9.67 Å². The maximum absolute atomic E-state index is 12.5. The van der Waals surface area contributed by atoms with Gasteiger partial charge in [-0.2, -0.15) is 5.10 Å². The van der Waals surface area contributed by atoms with E-state index in [2.05, 4.69) is 20.0 Å². The number of aryl methyl sites for hydroxylation is 1. The minimum absolute atomic E-state index is 0.00214. The van der Waals surface area contributed by atoms with E-state index in [0.29, 0.717) is 5.69 Å². The number of nitro benzene ring substituents is 1. The smallest absolute Gasteiger partial charge is 0.272 e. The van der Waals surface area contributed by atoms with Gasteiger partial charge in [0.05, 0.1) is 28.2 Å². The summed E-state index contributed by atoms with van der Waals surface area (Å²) in [5, 5.41) is 17.9. The van der Waals surface area contributed by atoms with E-state index >= 15 is 0 Å². The number of rotatable bonds is 6. The van der Waals surface area contributed by atoms with Crippen molar-refractivity contribution in [2.45, 2.75) is 20.0 Å². The number of amides is 1. The molecular formula is C20H18N6O3. The molecule has 2 aromatic carbocycles. The third-order valence-corrected chi connectivity index (χ3v) is 4.60. The summed E-state index contributed by atoms with van der Waals surface area (Å²) in [5.74, 6) is 0.456. The summed E-state index contributed by atoms with van der Waals surface area (Å²) >= 11 is 0. The van der Waals surface area contributed by atoms with Gasteiger partial charge in [-0.05, 0) is 37.3 Å². The van der Waals surface area contributed by atoms with Crippen molar-refractivity contribution in [3.8, 4) is 5.69 Å². The summed E-state index contributed by atoms with van der Waals surface area (Å²) in [4.78, 5) is 27.4. The number of carbonyl (C=O) groups is 1. The van der Waals surface area contributed by atoms with Crippen molar-refractivity contribution in [3.63, 3.8) is 0 Å². The second kappa shape index (κ2) is 7.55. The zero-order chi connectivity index (χ0) is 20.4. The summed E-state index contributed by atoms with van der Waals surface area (Å²) in [7, 11) is 0. The van der Waals surface area contributed by atoms with E-state index in [1.54, 1.807) is 24.4 Å². The molecule has 0 spiro atoms. The Morgan fingerprint density at radius 1 is 1.14 bits per heavy atom. The molecule has 0 saturated heterocycles. The lowest BCUT2D eigenvalue weighted by Crippen LogP contribution is -2.25. The molecule has 0 radical (unpaired) electrons. The number of carbonyl (C=O) groups excluding carboxylic acids is 1. The van der Waals surface area contributed by atoms with Crippen LogP contribution in [0.15, 0.2) is 60.8 Å². The lowest BCUT2D eigenvalue weighted by Gasteiger charge is -2.07. The molecule has 1 amide bonds. The Hall–Kier alpha value is -4.01. The van der Waals surface area contributed by atoms with E-state index in [0.717, 1.165) is 23.4 Å².